The van der Waals surface area contributed by atoms with Gasteiger partial charge < -0.3 is 9.47 Å². The number of pyridine rings is 1. The van der Waals surface area contributed by atoms with Gasteiger partial charge in [0.15, 0.2) is 13.1 Å². The van der Waals surface area contributed by atoms with E-state index in [2.05, 4.69) is 4.98 Å². The van der Waals surface area contributed by atoms with Crippen LogP contribution in [0.15, 0.2) is 24.4 Å². The molecule has 0 saturated carbocycles. The molecule has 100 valence electrons. The molecule has 0 spiro atoms. The first-order valence-electron chi connectivity index (χ1n) is 5.89. The predicted molar refractivity (Wildman–Crippen MR) is 73.9 cm³/mol. The van der Waals surface area contributed by atoms with Gasteiger partial charge in [0.05, 0.1) is 16.6 Å². The summed E-state index contributed by atoms with van der Waals surface area (Å²) in [4.78, 5) is 14.9. The molecule has 0 bridgehead atoms. The number of fused-ring (bicyclic) bond motifs is 1. The molecule has 2 aromatic rings. The summed E-state index contributed by atoms with van der Waals surface area (Å²) in [6, 6.07) is 5.19. The smallest absolute Gasteiger partial charge is 0.189 e. The molecule has 0 radical (unpaired) electrons. The highest BCUT2D eigenvalue weighted by molar-refractivity contribution is 6.32. The van der Waals surface area contributed by atoms with Crippen molar-refractivity contribution in [3.63, 3.8) is 0 Å². The first-order valence-corrected chi connectivity index (χ1v) is 6.27. The van der Waals surface area contributed by atoms with Gasteiger partial charge >= 0.3 is 0 Å². The average molecular weight is 280 g/mol. The quantitative estimate of drug-likeness (QED) is 0.621. The molecule has 0 aliphatic heterocycles. The maximum Gasteiger partial charge on any atom is 0.189 e. The van der Waals surface area contributed by atoms with E-state index in [1.54, 1.807) is 18.2 Å². The second-order valence-corrected chi connectivity index (χ2v) is 4.75. The normalized spacial score (nSPS) is 10.9. The second-order valence-electron chi connectivity index (χ2n) is 4.34. The average Bonchev–Trinajstić information content (AvgIpc) is 2.38. The van der Waals surface area contributed by atoms with Crippen molar-refractivity contribution in [1.82, 2.24) is 4.98 Å². The third-order valence-corrected chi connectivity index (χ3v) is 2.80. The van der Waals surface area contributed by atoms with Gasteiger partial charge in [0.2, 0.25) is 0 Å². The van der Waals surface area contributed by atoms with Gasteiger partial charge in [-0.3, -0.25) is 9.78 Å². The number of rotatable bonds is 5. The molecule has 0 saturated heterocycles. The van der Waals surface area contributed by atoms with E-state index in [0.717, 1.165) is 17.2 Å². The van der Waals surface area contributed by atoms with E-state index in [4.69, 9.17) is 21.1 Å². The number of hydrogen-bond acceptors (Lipinski definition) is 4. The molecule has 0 aliphatic carbocycles. The molecular formula is C14H14ClNO3. The molecule has 0 amide bonds. The van der Waals surface area contributed by atoms with Crippen molar-refractivity contribution < 1.29 is 14.3 Å². The Morgan fingerprint density at radius 3 is 2.84 bits per heavy atom. The molecule has 2 rings (SSSR count). The van der Waals surface area contributed by atoms with Crippen molar-refractivity contribution in [1.29, 1.82) is 0 Å². The van der Waals surface area contributed by atoms with Crippen LogP contribution < -0.4 is 4.74 Å². The highest BCUT2D eigenvalue weighted by atomic mass is 35.5. The minimum atomic E-state index is 0.0903. The molecule has 0 aliphatic rings. The maximum atomic E-state index is 10.7. The van der Waals surface area contributed by atoms with Gasteiger partial charge in [-0.25, -0.2) is 0 Å². The summed E-state index contributed by atoms with van der Waals surface area (Å²) in [5.74, 6) is 0.515. The lowest BCUT2D eigenvalue weighted by Crippen LogP contribution is -2.09. The van der Waals surface area contributed by atoms with E-state index < -0.39 is 0 Å². The molecule has 1 aromatic carbocycles. The Morgan fingerprint density at radius 1 is 1.37 bits per heavy atom. The number of nitrogens with zero attached hydrogens (tertiary/aromatic N) is 1. The van der Waals surface area contributed by atoms with Crippen molar-refractivity contribution in [2.75, 3.05) is 6.79 Å². The summed E-state index contributed by atoms with van der Waals surface area (Å²) in [5.41, 5.74) is 1.23. The number of halogens is 1. The molecule has 0 atom stereocenters. The molecule has 0 N–H and O–H groups in total. The van der Waals surface area contributed by atoms with Gasteiger partial charge in [-0.05, 0) is 26.0 Å². The predicted octanol–water partition coefficient (Wildman–Crippen LogP) is 3.46. The number of aromatic nitrogens is 1. The number of hydrogen-bond donors (Lipinski definition) is 0. The van der Waals surface area contributed by atoms with E-state index >= 15 is 0 Å². The van der Waals surface area contributed by atoms with Crippen LogP contribution in [-0.2, 0) is 4.74 Å². The number of carbonyl (C=O) groups excluding carboxylic acids is 1. The highest BCUT2D eigenvalue weighted by Crippen LogP contribution is 2.29. The summed E-state index contributed by atoms with van der Waals surface area (Å²) in [6.45, 7) is 3.98. The number of carbonyl (C=O) groups is 1. The van der Waals surface area contributed by atoms with Crippen LogP contribution in [-0.4, -0.2) is 24.2 Å². The summed E-state index contributed by atoms with van der Waals surface area (Å²) in [6.07, 6.45) is 2.35. The molecule has 0 unspecified atom stereocenters. The first kappa shape index (κ1) is 13.8. The second kappa shape index (κ2) is 5.99. The largest absolute Gasteiger partial charge is 0.466 e. The van der Waals surface area contributed by atoms with Crippen molar-refractivity contribution >= 4 is 28.8 Å². The van der Waals surface area contributed by atoms with Gasteiger partial charge in [0, 0.05) is 23.2 Å². The zero-order chi connectivity index (χ0) is 13.8. The lowest BCUT2D eigenvalue weighted by Gasteiger charge is -2.11. The fourth-order valence-corrected chi connectivity index (χ4v) is 1.78. The minimum Gasteiger partial charge on any atom is -0.466 e. The Hall–Kier alpha value is -1.65. The number of aldehydes is 1. The summed E-state index contributed by atoms with van der Waals surface area (Å²) >= 11 is 6.12. The zero-order valence-corrected chi connectivity index (χ0v) is 11.5. The fourth-order valence-electron chi connectivity index (χ4n) is 1.56. The molecule has 0 fully saturated rings. The van der Waals surface area contributed by atoms with Crippen LogP contribution in [0.2, 0.25) is 5.02 Å². The molecule has 1 heterocycles. The number of ether oxygens (including phenoxy) is 2. The molecule has 19 heavy (non-hydrogen) atoms. The van der Waals surface area contributed by atoms with Gasteiger partial charge in [-0.15, -0.1) is 0 Å². The van der Waals surface area contributed by atoms with E-state index in [9.17, 15) is 4.79 Å². The Kier molecular flexibility index (Phi) is 4.35. The van der Waals surface area contributed by atoms with E-state index in [1.165, 1.54) is 6.20 Å². The van der Waals surface area contributed by atoms with E-state index in [0.29, 0.717) is 16.3 Å². The van der Waals surface area contributed by atoms with Gasteiger partial charge in [0.1, 0.15) is 5.75 Å². The van der Waals surface area contributed by atoms with Crippen molar-refractivity contribution in [3.8, 4) is 5.75 Å². The highest BCUT2D eigenvalue weighted by Gasteiger charge is 2.06. The Labute approximate surface area is 116 Å². The Bertz CT molecular complexity index is 599. The van der Waals surface area contributed by atoms with Crippen LogP contribution in [0.25, 0.3) is 10.9 Å². The maximum absolute atomic E-state index is 10.7. The van der Waals surface area contributed by atoms with Crippen molar-refractivity contribution in [2.45, 2.75) is 20.0 Å². The summed E-state index contributed by atoms with van der Waals surface area (Å²) in [7, 11) is 0. The lowest BCUT2D eigenvalue weighted by atomic mass is 10.1. The van der Waals surface area contributed by atoms with Gasteiger partial charge in [-0.1, -0.05) is 11.6 Å². The monoisotopic (exact) mass is 279 g/mol. The molecule has 5 heteroatoms. The Balaban J connectivity index is 2.26. The minimum absolute atomic E-state index is 0.0903. The molecular weight excluding hydrogens is 266 g/mol. The summed E-state index contributed by atoms with van der Waals surface area (Å²) in [5, 5.41) is 1.26. The Morgan fingerprint density at radius 2 is 2.16 bits per heavy atom. The third-order valence-electron chi connectivity index (χ3n) is 2.51. The van der Waals surface area contributed by atoms with E-state index in [-0.39, 0.29) is 12.9 Å². The molecule has 1 aromatic heterocycles. The topological polar surface area (TPSA) is 48.4 Å². The summed E-state index contributed by atoms with van der Waals surface area (Å²) < 4.78 is 10.8. The van der Waals surface area contributed by atoms with Gasteiger partial charge in [0.25, 0.3) is 0 Å². The first-order chi connectivity index (χ1) is 9.10. The molecule has 4 nitrogen and oxygen atoms in total. The SMILES string of the molecule is CC(C)OCOc1cc2ncc(C=O)cc2cc1Cl. The van der Waals surface area contributed by atoms with Crippen LogP contribution in [0.3, 0.4) is 0 Å². The number of benzene rings is 1. The van der Waals surface area contributed by atoms with Crippen molar-refractivity contribution in [3.05, 3.63) is 35.0 Å². The van der Waals surface area contributed by atoms with Crippen LogP contribution >= 0.6 is 11.6 Å². The van der Waals surface area contributed by atoms with E-state index in [1.807, 2.05) is 13.8 Å². The van der Waals surface area contributed by atoms with Crippen LogP contribution in [0.5, 0.6) is 5.75 Å². The van der Waals surface area contributed by atoms with Crippen LogP contribution in [0.4, 0.5) is 0 Å². The van der Waals surface area contributed by atoms with Gasteiger partial charge in [-0.2, -0.15) is 0 Å². The van der Waals surface area contributed by atoms with Crippen LogP contribution in [0, 0.1) is 0 Å². The van der Waals surface area contributed by atoms with Crippen molar-refractivity contribution in [2.24, 2.45) is 0 Å². The third kappa shape index (κ3) is 3.43. The lowest BCUT2D eigenvalue weighted by molar-refractivity contribution is -0.0198. The zero-order valence-electron chi connectivity index (χ0n) is 10.7. The standard InChI is InChI=1S/C14H14ClNO3/c1-9(2)18-8-19-14-5-13-11(4-12(14)15)3-10(7-17)6-16-13/h3-7,9H,8H2,1-2H3. The van der Waals surface area contributed by atoms with Crippen LogP contribution in [0.1, 0.15) is 24.2 Å². The fraction of sp³-hybridized carbons (Fsp3) is 0.286.